The van der Waals surface area contributed by atoms with Crippen LogP contribution in [0, 0.1) is 5.82 Å². The first-order chi connectivity index (χ1) is 9.58. The molecule has 0 unspecified atom stereocenters. The minimum atomic E-state index is -0.437. The number of imidazole rings is 1. The van der Waals surface area contributed by atoms with Gasteiger partial charge in [0.15, 0.2) is 0 Å². The normalized spacial score (nSPS) is 17.4. The molecular formula is C14H15Cl2FN2S. The maximum absolute atomic E-state index is 13.6. The monoisotopic (exact) mass is 332 g/mol. The van der Waals surface area contributed by atoms with Crippen molar-refractivity contribution in [2.75, 3.05) is 6.26 Å². The molecule has 108 valence electrons. The van der Waals surface area contributed by atoms with E-state index in [1.165, 1.54) is 25.3 Å². The fourth-order valence-electron chi connectivity index (χ4n) is 2.73. The summed E-state index contributed by atoms with van der Waals surface area (Å²) in [5, 5.41) is 0.131. The number of benzene rings is 1. The molecule has 0 radical (unpaired) electrons. The summed E-state index contributed by atoms with van der Waals surface area (Å²) in [5.74, 6) is 0.662. The van der Waals surface area contributed by atoms with E-state index in [-0.39, 0.29) is 9.77 Å². The van der Waals surface area contributed by atoms with Gasteiger partial charge in [-0.2, -0.15) is 11.8 Å². The Bertz CT molecular complexity index is 647. The van der Waals surface area contributed by atoms with Gasteiger partial charge in [0.1, 0.15) is 11.6 Å². The van der Waals surface area contributed by atoms with Crippen LogP contribution in [0.3, 0.4) is 0 Å². The molecule has 0 saturated heterocycles. The molecule has 0 atom stereocenters. The number of fused-ring (bicyclic) bond motifs is 1. The van der Waals surface area contributed by atoms with Crippen molar-refractivity contribution in [2.45, 2.75) is 36.4 Å². The van der Waals surface area contributed by atoms with E-state index in [2.05, 4.69) is 15.8 Å². The second-order valence-electron chi connectivity index (χ2n) is 5.24. The third-order valence-electron chi connectivity index (χ3n) is 4.13. The average molecular weight is 333 g/mol. The van der Waals surface area contributed by atoms with Crippen LogP contribution in [0.2, 0.25) is 5.02 Å². The molecule has 1 aliphatic carbocycles. The van der Waals surface area contributed by atoms with Crippen LogP contribution in [0.15, 0.2) is 12.1 Å². The second kappa shape index (κ2) is 5.39. The van der Waals surface area contributed by atoms with E-state index in [1.807, 2.05) is 11.8 Å². The Morgan fingerprint density at radius 1 is 1.45 bits per heavy atom. The van der Waals surface area contributed by atoms with Crippen molar-refractivity contribution in [1.82, 2.24) is 9.55 Å². The van der Waals surface area contributed by atoms with Crippen LogP contribution in [0.25, 0.3) is 11.0 Å². The zero-order chi connectivity index (χ0) is 14.3. The Morgan fingerprint density at radius 3 is 2.75 bits per heavy atom. The minimum absolute atomic E-state index is 0.131. The van der Waals surface area contributed by atoms with Gasteiger partial charge < -0.3 is 4.57 Å². The lowest BCUT2D eigenvalue weighted by Gasteiger charge is -2.41. The third-order valence-corrected chi connectivity index (χ3v) is 6.07. The van der Waals surface area contributed by atoms with E-state index in [1.54, 1.807) is 6.07 Å². The molecule has 0 spiro atoms. The highest BCUT2D eigenvalue weighted by Gasteiger charge is 2.37. The Balaban J connectivity index is 2.10. The first-order valence-corrected chi connectivity index (χ1v) is 8.67. The molecule has 1 fully saturated rings. The number of aromatic nitrogens is 2. The number of hydrogen-bond acceptors (Lipinski definition) is 2. The summed E-state index contributed by atoms with van der Waals surface area (Å²) >= 11 is 13.8. The van der Waals surface area contributed by atoms with E-state index in [9.17, 15) is 4.39 Å². The maximum atomic E-state index is 13.6. The summed E-state index contributed by atoms with van der Waals surface area (Å²) in [6, 6.07) is 3.04. The molecule has 6 heteroatoms. The molecule has 3 rings (SSSR count). The summed E-state index contributed by atoms with van der Waals surface area (Å²) in [7, 11) is 0. The molecule has 2 nitrogen and oxygen atoms in total. The molecule has 0 bridgehead atoms. The van der Waals surface area contributed by atoms with E-state index in [0.29, 0.717) is 11.4 Å². The van der Waals surface area contributed by atoms with Gasteiger partial charge in [-0.3, -0.25) is 0 Å². The van der Waals surface area contributed by atoms with E-state index < -0.39 is 5.82 Å². The van der Waals surface area contributed by atoms with Crippen LogP contribution in [0.1, 0.15) is 25.1 Å². The van der Waals surface area contributed by atoms with Gasteiger partial charge >= 0.3 is 0 Å². The van der Waals surface area contributed by atoms with Crippen molar-refractivity contribution in [3.05, 3.63) is 28.8 Å². The summed E-state index contributed by atoms with van der Waals surface area (Å²) in [5.41, 5.74) is 1.49. The van der Waals surface area contributed by atoms with Crippen LogP contribution < -0.4 is 0 Å². The van der Waals surface area contributed by atoms with Gasteiger partial charge in [0, 0.05) is 17.4 Å². The zero-order valence-electron chi connectivity index (χ0n) is 11.1. The molecule has 2 aromatic rings. The Hall–Kier alpha value is -0.450. The maximum Gasteiger partial charge on any atom is 0.144 e. The van der Waals surface area contributed by atoms with Crippen LogP contribution in [0.4, 0.5) is 4.39 Å². The molecule has 0 aliphatic heterocycles. The van der Waals surface area contributed by atoms with Gasteiger partial charge in [0.2, 0.25) is 0 Å². The van der Waals surface area contributed by atoms with Crippen molar-refractivity contribution in [3.8, 4) is 0 Å². The molecule has 1 saturated carbocycles. The highest BCUT2D eigenvalue weighted by molar-refractivity contribution is 8.00. The lowest BCUT2D eigenvalue weighted by atomic mass is 9.84. The molecule has 0 N–H and O–H groups in total. The van der Waals surface area contributed by atoms with E-state index in [0.717, 1.165) is 17.9 Å². The fraction of sp³-hybridized carbons (Fsp3) is 0.500. The Morgan fingerprint density at radius 2 is 2.20 bits per heavy atom. The van der Waals surface area contributed by atoms with E-state index in [4.69, 9.17) is 23.2 Å². The van der Waals surface area contributed by atoms with Crippen LogP contribution >= 0.6 is 35.0 Å². The van der Waals surface area contributed by atoms with Gasteiger partial charge in [-0.05, 0) is 25.2 Å². The number of rotatable bonds is 4. The largest absolute Gasteiger partial charge is 0.326 e. The average Bonchev–Trinajstić information content (AvgIpc) is 2.72. The summed E-state index contributed by atoms with van der Waals surface area (Å²) in [6.07, 6.45) is 5.80. The molecule has 1 heterocycles. The molecule has 1 aromatic carbocycles. The van der Waals surface area contributed by atoms with Crippen molar-refractivity contribution < 1.29 is 4.39 Å². The van der Waals surface area contributed by atoms with Crippen molar-refractivity contribution in [3.63, 3.8) is 0 Å². The lowest BCUT2D eigenvalue weighted by Crippen LogP contribution is -2.38. The number of halogens is 3. The molecule has 1 aromatic heterocycles. The number of nitrogens with zero attached hydrogens (tertiary/aromatic N) is 2. The number of alkyl halides is 1. The second-order valence-corrected chi connectivity index (χ2v) is 7.19. The van der Waals surface area contributed by atoms with Crippen molar-refractivity contribution >= 4 is 46.0 Å². The molecule has 1 aliphatic rings. The highest BCUT2D eigenvalue weighted by Crippen LogP contribution is 2.45. The summed E-state index contributed by atoms with van der Waals surface area (Å²) in [6.45, 7) is 0.856. The third kappa shape index (κ3) is 2.32. The predicted octanol–water partition coefficient (Wildman–Crippen LogP) is 4.85. The fourth-order valence-corrected chi connectivity index (χ4v) is 4.05. The van der Waals surface area contributed by atoms with Gasteiger partial charge in [0.25, 0.3) is 0 Å². The van der Waals surface area contributed by atoms with Crippen LogP contribution in [0.5, 0.6) is 0 Å². The molecular weight excluding hydrogens is 318 g/mol. The summed E-state index contributed by atoms with van der Waals surface area (Å²) < 4.78 is 15.9. The molecule has 0 amide bonds. The van der Waals surface area contributed by atoms with Crippen molar-refractivity contribution in [1.29, 1.82) is 0 Å². The Kier molecular flexibility index (Phi) is 3.91. The standard InChI is InChI=1S/C14H15Cl2FN2S/c1-20-14(3-2-4-14)8-19-12-5-9(16)10(17)6-11(12)18-13(19)7-15/h5-6H,2-4,7-8H2,1H3. The highest BCUT2D eigenvalue weighted by atomic mass is 35.5. The lowest BCUT2D eigenvalue weighted by molar-refractivity contribution is 0.322. The number of thioether (sulfide) groups is 1. The van der Waals surface area contributed by atoms with Gasteiger partial charge in [-0.15, -0.1) is 11.6 Å². The first-order valence-electron chi connectivity index (χ1n) is 6.54. The SMILES string of the molecule is CSC1(Cn2c(CCl)nc3cc(F)c(Cl)cc32)CCC1. The Labute approximate surface area is 131 Å². The van der Waals surface area contributed by atoms with Crippen LogP contribution in [-0.2, 0) is 12.4 Å². The van der Waals surface area contributed by atoms with Gasteiger partial charge in [-0.1, -0.05) is 18.0 Å². The van der Waals surface area contributed by atoms with Crippen LogP contribution in [-0.4, -0.2) is 20.6 Å². The topological polar surface area (TPSA) is 17.8 Å². The van der Waals surface area contributed by atoms with E-state index >= 15 is 0 Å². The smallest absolute Gasteiger partial charge is 0.144 e. The zero-order valence-corrected chi connectivity index (χ0v) is 13.5. The summed E-state index contributed by atoms with van der Waals surface area (Å²) in [4.78, 5) is 4.43. The van der Waals surface area contributed by atoms with Gasteiger partial charge in [0.05, 0.1) is 21.9 Å². The minimum Gasteiger partial charge on any atom is -0.326 e. The molecule has 20 heavy (non-hydrogen) atoms. The quantitative estimate of drug-likeness (QED) is 0.744. The predicted molar refractivity (Wildman–Crippen MR) is 84.4 cm³/mol. The van der Waals surface area contributed by atoms with Gasteiger partial charge in [-0.25, -0.2) is 9.37 Å². The first kappa shape index (κ1) is 14.5. The van der Waals surface area contributed by atoms with Crippen molar-refractivity contribution in [2.24, 2.45) is 0 Å². The number of hydrogen-bond donors (Lipinski definition) is 0.